The van der Waals surface area contributed by atoms with E-state index in [1.165, 1.54) is 24.3 Å². The highest BCUT2D eigenvalue weighted by atomic mass is 32.2. The Bertz CT molecular complexity index is 1370. The number of nitrogens with zero attached hydrogens (tertiary/aromatic N) is 1. The normalized spacial score (nSPS) is 17.7. The molecule has 0 radical (unpaired) electrons. The van der Waals surface area contributed by atoms with Gasteiger partial charge in [-0.1, -0.05) is 0 Å². The largest absolute Gasteiger partial charge is 0.322 e. The van der Waals surface area contributed by atoms with Gasteiger partial charge in [0.05, 0.1) is 16.4 Å². The molecule has 1 atom stereocenters. The third-order valence-corrected chi connectivity index (χ3v) is 8.94. The van der Waals surface area contributed by atoms with E-state index in [0.29, 0.717) is 11.3 Å². The van der Waals surface area contributed by atoms with Crippen molar-refractivity contribution in [3.8, 4) is 5.69 Å². The zero-order valence-electron chi connectivity index (χ0n) is 18.3. The summed E-state index contributed by atoms with van der Waals surface area (Å²) in [6, 6.07) is 16.4. The third kappa shape index (κ3) is 5.18. The average Bonchev–Trinajstić information content (AvgIpc) is 3.28. The molecule has 33 heavy (non-hydrogen) atoms. The Balaban J connectivity index is 1.42. The molecule has 1 aromatic heterocycles. The summed E-state index contributed by atoms with van der Waals surface area (Å²) in [4.78, 5) is 12.6. The number of rotatable bonds is 6. The van der Waals surface area contributed by atoms with E-state index in [1.807, 2.05) is 38.1 Å². The molecule has 1 aliphatic rings. The lowest BCUT2D eigenvalue weighted by Crippen LogP contribution is -2.35. The molecule has 1 unspecified atom stereocenters. The van der Waals surface area contributed by atoms with Crippen molar-refractivity contribution in [1.82, 2.24) is 9.29 Å². The summed E-state index contributed by atoms with van der Waals surface area (Å²) in [6.45, 7) is 4.03. The van der Waals surface area contributed by atoms with Crippen LogP contribution in [0.1, 0.15) is 28.2 Å². The van der Waals surface area contributed by atoms with E-state index >= 15 is 0 Å². The summed E-state index contributed by atoms with van der Waals surface area (Å²) in [5, 5.41) is 2.76. The van der Waals surface area contributed by atoms with Crippen LogP contribution in [-0.2, 0) is 19.9 Å². The van der Waals surface area contributed by atoms with Crippen LogP contribution in [0.5, 0.6) is 0 Å². The molecule has 10 heteroatoms. The van der Waals surface area contributed by atoms with Crippen LogP contribution in [0, 0.1) is 13.8 Å². The summed E-state index contributed by atoms with van der Waals surface area (Å²) in [7, 11) is -7.05. The molecule has 0 aliphatic carbocycles. The van der Waals surface area contributed by atoms with E-state index < -0.39 is 25.9 Å². The molecule has 2 N–H and O–H groups in total. The van der Waals surface area contributed by atoms with Crippen molar-refractivity contribution in [1.29, 1.82) is 0 Å². The van der Waals surface area contributed by atoms with Crippen molar-refractivity contribution < 1.29 is 21.6 Å². The quantitative estimate of drug-likeness (QED) is 0.555. The number of sulfonamides is 1. The minimum atomic E-state index is -3.85. The number of hydrogen-bond acceptors (Lipinski definition) is 5. The topological polar surface area (TPSA) is 114 Å². The predicted molar refractivity (Wildman–Crippen MR) is 127 cm³/mol. The highest BCUT2D eigenvalue weighted by Crippen LogP contribution is 2.20. The summed E-state index contributed by atoms with van der Waals surface area (Å²) < 4.78 is 52.7. The smallest absolute Gasteiger partial charge is 0.255 e. The number of benzene rings is 2. The Morgan fingerprint density at radius 1 is 0.939 bits per heavy atom. The van der Waals surface area contributed by atoms with Crippen LogP contribution >= 0.6 is 0 Å². The Kier molecular flexibility index (Phi) is 6.17. The van der Waals surface area contributed by atoms with Gasteiger partial charge >= 0.3 is 0 Å². The lowest BCUT2D eigenvalue weighted by atomic mass is 10.2. The number of aromatic nitrogens is 1. The van der Waals surface area contributed by atoms with Crippen molar-refractivity contribution >= 4 is 31.5 Å². The fourth-order valence-corrected chi connectivity index (χ4v) is 6.98. The van der Waals surface area contributed by atoms with Crippen LogP contribution in [0.15, 0.2) is 65.6 Å². The van der Waals surface area contributed by atoms with E-state index in [2.05, 4.69) is 14.6 Å². The molecule has 1 aliphatic heterocycles. The van der Waals surface area contributed by atoms with Crippen LogP contribution in [-0.4, -0.2) is 44.9 Å². The molecule has 0 saturated carbocycles. The molecular formula is C23H25N3O5S2. The number of anilines is 1. The summed E-state index contributed by atoms with van der Waals surface area (Å²) in [6.07, 6.45) is 0.262. The summed E-state index contributed by atoms with van der Waals surface area (Å²) >= 11 is 0. The van der Waals surface area contributed by atoms with Crippen molar-refractivity contribution in [3.05, 3.63) is 77.6 Å². The SMILES string of the molecule is Cc1ccc(C)n1-c1ccc(C(=O)Nc2ccc(S(=O)(=O)NC3CCS(=O)(=O)C3)cc2)cc1. The first-order chi connectivity index (χ1) is 15.5. The minimum absolute atomic E-state index is 0.00612. The van der Waals surface area contributed by atoms with Crippen LogP contribution in [0.4, 0.5) is 5.69 Å². The van der Waals surface area contributed by atoms with Gasteiger partial charge in [-0.25, -0.2) is 21.6 Å². The minimum Gasteiger partial charge on any atom is -0.322 e. The molecule has 174 valence electrons. The van der Waals surface area contributed by atoms with Gasteiger partial charge in [0.15, 0.2) is 9.84 Å². The van der Waals surface area contributed by atoms with Crippen molar-refractivity contribution in [2.24, 2.45) is 0 Å². The van der Waals surface area contributed by atoms with E-state index in [1.54, 1.807) is 12.1 Å². The molecule has 1 fully saturated rings. The number of carbonyl (C=O) groups is 1. The molecule has 8 nitrogen and oxygen atoms in total. The van der Waals surface area contributed by atoms with Crippen LogP contribution in [0.3, 0.4) is 0 Å². The van der Waals surface area contributed by atoms with E-state index in [9.17, 15) is 21.6 Å². The Morgan fingerprint density at radius 2 is 1.55 bits per heavy atom. The Labute approximate surface area is 193 Å². The summed E-state index contributed by atoms with van der Waals surface area (Å²) in [5.41, 5.74) is 4.09. The molecule has 2 aromatic carbocycles. The van der Waals surface area contributed by atoms with Crippen molar-refractivity contribution in [2.45, 2.75) is 31.2 Å². The van der Waals surface area contributed by atoms with Gasteiger partial charge in [-0.05, 0) is 80.9 Å². The fraction of sp³-hybridized carbons (Fsp3) is 0.261. The standard InChI is InChI=1S/C23H25N3O5S2/c1-16-3-4-17(2)26(16)21-9-5-18(6-10-21)23(27)24-19-7-11-22(12-8-19)33(30,31)25-20-13-14-32(28,29)15-20/h3-12,20,25H,13-15H2,1-2H3,(H,24,27). The van der Waals surface area contributed by atoms with Gasteiger partial charge in [0.25, 0.3) is 5.91 Å². The number of hydrogen-bond donors (Lipinski definition) is 2. The Morgan fingerprint density at radius 3 is 2.09 bits per heavy atom. The molecule has 2 heterocycles. The second kappa shape index (κ2) is 8.77. The zero-order chi connectivity index (χ0) is 23.8. The van der Waals surface area contributed by atoms with Crippen LogP contribution in [0.2, 0.25) is 0 Å². The predicted octanol–water partition coefficient (Wildman–Crippen LogP) is 2.81. The molecule has 0 bridgehead atoms. The third-order valence-electron chi connectivity index (χ3n) is 5.64. The van der Waals surface area contributed by atoms with Gasteiger partial charge in [0.1, 0.15) is 0 Å². The van der Waals surface area contributed by atoms with Crippen molar-refractivity contribution in [3.63, 3.8) is 0 Å². The van der Waals surface area contributed by atoms with E-state index in [4.69, 9.17) is 0 Å². The first-order valence-electron chi connectivity index (χ1n) is 10.4. The number of sulfone groups is 1. The van der Waals surface area contributed by atoms with E-state index in [0.717, 1.165) is 17.1 Å². The first kappa shape index (κ1) is 23.2. The number of carbonyl (C=O) groups excluding carboxylic acids is 1. The fourth-order valence-electron chi connectivity index (χ4n) is 3.93. The van der Waals surface area contributed by atoms with Gasteiger partial charge in [-0.15, -0.1) is 0 Å². The van der Waals surface area contributed by atoms with Crippen LogP contribution in [0.25, 0.3) is 5.69 Å². The summed E-state index contributed by atoms with van der Waals surface area (Å²) in [5.74, 6) is -0.522. The Hall–Kier alpha value is -2.95. The van der Waals surface area contributed by atoms with Gasteiger partial charge in [-0.2, -0.15) is 0 Å². The molecule has 1 amide bonds. The van der Waals surface area contributed by atoms with Gasteiger partial charge in [-0.3, -0.25) is 4.79 Å². The maximum Gasteiger partial charge on any atom is 0.255 e. The number of aryl methyl sites for hydroxylation is 2. The first-order valence-corrected chi connectivity index (χ1v) is 13.7. The highest BCUT2D eigenvalue weighted by molar-refractivity contribution is 7.92. The molecular weight excluding hydrogens is 462 g/mol. The lowest BCUT2D eigenvalue weighted by molar-refractivity contribution is 0.102. The van der Waals surface area contributed by atoms with Gasteiger partial charge < -0.3 is 9.88 Å². The molecule has 0 spiro atoms. The second-order valence-corrected chi connectivity index (χ2v) is 12.1. The van der Waals surface area contributed by atoms with Gasteiger partial charge in [0.2, 0.25) is 10.0 Å². The average molecular weight is 488 g/mol. The molecule has 3 aromatic rings. The zero-order valence-corrected chi connectivity index (χ0v) is 19.9. The molecule has 1 saturated heterocycles. The second-order valence-electron chi connectivity index (χ2n) is 8.20. The lowest BCUT2D eigenvalue weighted by Gasteiger charge is -2.12. The van der Waals surface area contributed by atoms with Gasteiger partial charge in [0, 0.05) is 34.4 Å². The molecule has 4 rings (SSSR count). The van der Waals surface area contributed by atoms with Crippen molar-refractivity contribution in [2.75, 3.05) is 16.8 Å². The van der Waals surface area contributed by atoms with E-state index in [-0.39, 0.29) is 28.7 Å². The maximum absolute atomic E-state index is 12.6. The number of amides is 1. The monoisotopic (exact) mass is 487 g/mol. The van der Waals surface area contributed by atoms with Crippen LogP contribution < -0.4 is 10.0 Å². The maximum atomic E-state index is 12.6. The number of nitrogens with one attached hydrogen (secondary N) is 2. The highest BCUT2D eigenvalue weighted by Gasteiger charge is 2.31.